The fourth-order valence-electron chi connectivity index (χ4n) is 3.80. The summed E-state index contributed by atoms with van der Waals surface area (Å²) in [5.41, 5.74) is 12.2. The summed E-state index contributed by atoms with van der Waals surface area (Å²) in [6, 6.07) is 19.7. The first-order chi connectivity index (χ1) is 14.0. The number of fused-ring (bicyclic) bond motifs is 2. The molecule has 1 amide bonds. The molecular weight excluding hydrogens is 362 g/mol. The first-order valence-corrected chi connectivity index (χ1v) is 9.34. The van der Waals surface area contributed by atoms with Crippen molar-refractivity contribution in [1.29, 1.82) is 0 Å². The third kappa shape index (κ3) is 2.61. The van der Waals surface area contributed by atoms with Gasteiger partial charge in [-0.15, -0.1) is 0 Å². The monoisotopic (exact) mass is 381 g/mol. The van der Waals surface area contributed by atoms with Gasteiger partial charge >= 0.3 is 0 Å². The molecule has 0 bridgehead atoms. The van der Waals surface area contributed by atoms with Gasteiger partial charge in [-0.1, -0.05) is 36.4 Å². The molecule has 3 heterocycles. The first kappa shape index (κ1) is 17.2. The maximum Gasteiger partial charge on any atom is 0.268 e. The Balaban J connectivity index is 1.80. The van der Waals surface area contributed by atoms with E-state index in [4.69, 9.17) is 10.7 Å². The van der Waals surface area contributed by atoms with E-state index in [1.165, 1.54) is 0 Å². The number of hydrogen-bond donors (Lipinski definition) is 1. The molecule has 0 fully saturated rings. The molecule has 0 radical (unpaired) electrons. The van der Waals surface area contributed by atoms with Crippen molar-refractivity contribution in [2.45, 2.75) is 6.92 Å². The number of primary amides is 1. The van der Waals surface area contributed by atoms with E-state index in [0.717, 1.165) is 33.5 Å². The largest absolute Gasteiger partial charge is 0.364 e. The minimum absolute atomic E-state index is 0.380. The third-order valence-corrected chi connectivity index (χ3v) is 5.35. The van der Waals surface area contributed by atoms with Crippen LogP contribution in [0.2, 0.25) is 0 Å². The molecule has 3 aromatic heterocycles. The van der Waals surface area contributed by atoms with Crippen LogP contribution in [0.4, 0.5) is 0 Å². The van der Waals surface area contributed by atoms with Gasteiger partial charge in [-0.25, -0.2) is 9.97 Å². The Labute approximate surface area is 167 Å². The molecule has 29 heavy (non-hydrogen) atoms. The van der Waals surface area contributed by atoms with Crippen molar-refractivity contribution < 1.29 is 4.79 Å². The number of aryl methyl sites for hydroxylation is 2. The predicted octanol–water partition coefficient (Wildman–Crippen LogP) is 3.96. The van der Waals surface area contributed by atoms with Crippen molar-refractivity contribution in [3.63, 3.8) is 0 Å². The van der Waals surface area contributed by atoms with Gasteiger partial charge in [0.1, 0.15) is 22.9 Å². The van der Waals surface area contributed by atoms with E-state index in [2.05, 4.69) is 15.6 Å². The number of pyridine rings is 1. The van der Waals surface area contributed by atoms with Gasteiger partial charge in [0.05, 0.1) is 11.0 Å². The van der Waals surface area contributed by atoms with Gasteiger partial charge in [-0.3, -0.25) is 9.20 Å². The molecule has 2 N–H and O–H groups in total. The number of imidazole rings is 2. The maximum absolute atomic E-state index is 12.3. The average Bonchev–Trinajstić information content (AvgIpc) is 3.26. The quantitative estimate of drug-likeness (QED) is 0.514. The Morgan fingerprint density at radius 1 is 0.966 bits per heavy atom. The lowest BCUT2D eigenvalue weighted by Crippen LogP contribution is -2.15. The highest BCUT2D eigenvalue weighted by atomic mass is 16.1. The van der Waals surface area contributed by atoms with Crippen LogP contribution in [-0.4, -0.2) is 24.8 Å². The lowest BCUT2D eigenvalue weighted by Gasteiger charge is -2.06. The van der Waals surface area contributed by atoms with Crippen LogP contribution in [0, 0.1) is 6.92 Å². The van der Waals surface area contributed by atoms with Crippen molar-refractivity contribution >= 4 is 22.6 Å². The number of nitrogens with two attached hydrogens (primary N) is 1. The highest BCUT2D eigenvalue weighted by Crippen LogP contribution is 2.31. The van der Waals surface area contributed by atoms with Crippen LogP contribution in [0.15, 0.2) is 66.9 Å². The van der Waals surface area contributed by atoms with Crippen LogP contribution in [0.3, 0.4) is 0 Å². The Morgan fingerprint density at radius 3 is 2.52 bits per heavy atom. The molecule has 0 saturated carbocycles. The molecule has 0 spiro atoms. The summed E-state index contributed by atoms with van der Waals surface area (Å²) in [6.45, 7) is 1.99. The zero-order valence-corrected chi connectivity index (χ0v) is 16.1. The summed E-state index contributed by atoms with van der Waals surface area (Å²) >= 11 is 0. The first-order valence-electron chi connectivity index (χ1n) is 9.34. The van der Waals surface area contributed by atoms with Crippen LogP contribution < -0.4 is 5.73 Å². The lowest BCUT2D eigenvalue weighted by molar-refractivity contribution is 0.0995. The van der Waals surface area contributed by atoms with Gasteiger partial charge in [0.2, 0.25) is 0 Å². The maximum atomic E-state index is 12.3. The van der Waals surface area contributed by atoms with E-state index in [1.54, 1.807) is 4.40 Å². The van der Waals surface area contributed by atoms with E-state index < -0.39 is 5.91 Å². The lowest BCUT2D eigenvalue weighted by atomic mass is 10.1. The zero-order chi connectivity index (χ0) is 20.1. The van der Waals surface area contributed by atoms with Crippen LogP contribution in [0.25, 0.3) is 39.1 Å². The Hall–Kier alpha value is -3.93. The van der Waals surface area contributed by atoms with Gasteiger partial charge in [-0.05, 0) is 36.8 Å². The van der Waals surface area contributed by atoms with Crippen molar-refractivity contribution in [1.82, 2.24) is 18.9 Å². The molecule has 142 valence electrons. The summed E-state index contributed by atoms with van der Waals surface area (Å²) in [4.78, 5) is 21.7. The number of carbonyl (C=O) groups is 1. The van der Waals surface area contributed by atoms with Gasteiger partial charge in [0.25, 0.3) is 5.91 Å². The molecule has 0 saturated heterocycles. The smallest absolute Gasteiger partial charge is 0.268 e. The van der Waals surface area contributed by atoms with Crippen molar-refractivity contribution in [2.24, 2.45) is 12.8 Å². The zero-order valence-electron chi connectivity index (χ0n) is 16.1. The number of rotatable bonds is 3. The van der Waals surface area contributed by atoms with E-state index in [9.17, 15) is 4.79 Å². The Morgan fingerprint density at radius 2 is 1.76 bits per heavy atom. The summed E-state index contributed by atoms with van der Waals surface area (Å²) < 4.78 is 3.84. The molecule has 0 unspecified atom stereocenters. The molecule has 6 nitrogen and oxygen atoms in total. The fourth-order valence-corrected chi connectivity index (χ4v) is 3.80. The Bertz CT molecular complexity index is 1400. The van der Waals surface area contributed by atoms with Crippen molar-refractivity contribution in [2.75, 3.05) is 0 Å². The standard InChI is InChI=1S/C23H19N5O/c1-14-25-18-11-10-16(13-19(18)27(14)2)17-9-6-12-28-21(22(24)29)20(26-23(17)28)15-7-4-3-5-8-15/h3-13H,1-2H3,(H2,24,29). The summed E-state index contributed by atoms with van der Waals surface area (Å²) in [7, 11) is 2.00. The molecule has 0 aliphatic rings. The topological polar surface area (TPSA) is 78.2 Å². The van der Waals surface area contributed by atoms with Crippen LogP contribution in [-0.2, 0) is 7.05 Å². The number of hydrogen-bond acceptors (Lipinski definition) is 3. The van der Waals surface area contributed by atoms with Crippen LogP contribution in [0.5, 0.6) is 0 Å². The fraction of sp³-hybridized carbons (Fsp3) is 0.0870. The van der Waals surface area contributed by atoms with Crippen LogP contribution >= 0.6 is 0 Å². The summed E-state index contributed by atoms with van der Waals surface area (Å²) in [6.07, 6.45) is 1.82. The minimum Gasteiger partial charge on any atom is -0.364 e. The van der Waals surface area contributed by atoms with E-state index in [1.807, 2.05) is 74.8 Å². The molecule has 0 aliphatic carbocycles. The average molecular weight is 381 g/mol. The number of carbonyl (C=O) groups excluding carboxylic acids is 1. The second-order valence-electron chi connectivity index (χ2n) is 7.08. The SMILES string of the molecule is Cc1nc2ccc(-c3cccn4c(C(N)=O)c(-c5ccccc5)nc34)cc2n1C. The number of benzene rings is 2. The highest BCUT2D eigenvalue weighted by Gasteiger charge is 2.20. The van der Waals surface area contributed by atoms with Crippen molar-refractivity contribution in [3.05, 3.63) is 78.4 Å². The predicted molar refractivity (Wildman–Crippen MR) is 114 cm³/mol. The molecular formula is C23H19N5O. The van der Waals surface area contributed by atoms with Crippen LogP contribution in [0.1, 0.15) is 16.3 Å². The second kappa shape index (κ2) is 6.31. The summed E-state index contributed by atoms with van der Waals surface area (Å²) in [5.74, 6) is 0.449. The summed E-state index contributed by atoms with van der Waals surface area (Å²) in [5, 5.41) is 0. The highest BCUT2D eigenvalue weighted by molar-refractivity contribution is 6.00. The Kier molecular flexibility index (Phi) is 3.74. The van der Waals surface area contributed by atoms with Gasteiger partial charge in [-0.2, -0.15) is 0 Å². The normalized spacial score (nSPS) is 11.4. The van der Waals surface area contributed by atoms with Gasteiger partial charge < -0.3 is 10.3 Å². The number of aromatic nitrogens is 4. The van der Waals surface area contributed by atoms with Gasteiger partial charge in [0.15, 0.2) is 0 Å². The molecule has 2 aromatic carbocycles. The van der Waals surface area contributed by atoms with Crippen molar-refractivity contribution in [3.8, 4) is 22.4 Å². The van der Waals surface area contributed by atoms with Gasteiger partial charge in [0, 0.05) is 24.4 Å². The second-order valence-corrected chi connectivity index (χ2v) is 7.08. The third-order valence-electron chi connectivity index (χ3n) is 5.35. The molecule has 0 atom stereocenters. The molecule has 0 aliphatic heterocycles. The van der Waals surface area contributed by atoms with E-state index >= 15 is 0 Å². The van der Waals surface area contributed by atoms with E-state index in [-0.39, 0.29) is 0 Å². The number of nitrogens with zero attached hydrogens (tertiary/aromatic N) is 4. The minimum atomic E-state index is -0.508. The molecule has 5 rings (SSSR count). The van der Waals surface area contributed by atoms with E-state index in [0.29, 0.717) is 17.0 Å². The molecule has 5 aromatic rings. The molecule has 6 heteroatoms. The number of amides is 1.